The Balaban J connectivity index is 2.07. The molecular weight excluding hydrogens is 340 g/mol. The van der Waals surface area contributed by atoms with Crippen LogP contribution in [0, 0.1) is 17.8 Å². The van der Waals surface area contributed by atoms with Gasteiger partial charge in [-0.05, 0) is 20.3 Å². The fourth-order valence-corrected chi connectivity index (χ4v) is 3.93. The van der Waals surface area contributed by atoms with Gasteiger partial charge in [0.1, 0.15) is 11.4 Å². The Morgan fingerprint density at radius 1 is 1.42 bits per heavy atom. The van der Waals surface area contributed by atoms with Gasteiger partial charge in [0, 0.05) is 12.3 Å². The lowest BCUT2D eigenvalue weighted by Gasteiger charge is -2.39. The summed E-state index contributed by atoms with van der Waals surface area (Å²) in [4.78, 5) is 12.8. The van der Waals surface area contributed by atoms with Gasteiger partial charge in [-0.1, -0.05) is 26.0 Å². The Morgan fingerprint density at radius 3 is 2.58 bits per heavy atom. The summed E-state index contributed by atoms with van der Waals surface area (Å²) in [5.74, 6) is -3.83. The number of aliphatic hydroxyl groups excluding tert-OH is 3. The van der Waals surface area contributed by atoms with Crippen LogP contribution in [0.3, 0.4) is 0 Å². The van der Waals surface area contributed by atoms with Crippen LogP contribution in [0.2, 0.25) is 0 Å². The Hall–Kier alpha value is -0.830. The van der Waals surface area contributed by atoms with Crippen LogP contribution in [0.5, 0.6) is 0 Å². The van der Waals surface area contributed by atoms with Gasteiger partial charge in [0.15, 0.2) is 5.79 Å². The van der Waals surface area contributed by atoms with E-state index in [0.717, 1.165) is 0 Å². The minimum atomic E-state index is -1.44. The highest BCUT2D eigenvalue weighted by molar-refractivity contribution is 5.85. The first-order valence-electron chi connectivity index (χ1n) is 9.31. The van der Waals surface area contributed by atoms with Gasteiger partial charge in [0.25, 0.3) is 0 Å². The number of rotatable bonds is 8. The van der Waals surface area contributed by atoms with E-state index in [0.29, 0.717) is 6.42 Å². The SMILES string of the molecule is C/C=C\[C@H](C)[C@H]1OC1(C)[C@@H](O)[C@@H](CO)C(=O)[C@@H]1COC(O)(CC)C[C@@H]1O. The molecule has 4 N–H and O–H groups in total. The number of ketones is 1. The van der Waals surface area contributed by atoms with Crippen molar-refractivity contribution in [2.75, 3.05) is 13.2 Å². The van der Waals surface area contributed by atoms with Gasteiger partial charge in [-0.3, -0.25) is 4.79 Å². The summed E-state index contributed by atoms with van der Waals surface area (Å²) in [5, 5.41) is 40.9. The second-order valence-corrected chi connectivity index (χ2v) is 7.73. The number of hydrogen-bond acceptors (Lipinski definition) is 7. The maximum absolute atomic E-state index is 12.8. The van der Waals surface area contributed by atoms with Crippen LogP contribution in [-0.4, -0.2) is 69.1 Å². The molecule has 7 heteroatoms. The highest BCUT2D eigenvalue weighted by Crippen LogP contribution is 2.47. The van der Waals surface area contributed by atoms with Crippen molar-refractivity contribution in [3.63, 3.8) is 0 Å². The minimum Gasteiger partial charge on any atom is -0.396 e. The van der Waals surface area contributed by atoms with Crippen molar-refractivity contribution in [1.82, 2.24) is 0 Å². The molecule has 7 nitrogen and oxygen atoms in total. The van der Waals surface area contributed by atoms with E-state index in [-0.39, 0.29) is 25.0 Å². The van der Waals surface area contributed by atoms with Gasteiger partial charge in [-0.2, -0.15) is 0 Å². The number of carbonyl (C=O) groups is 1. The first kappa shape index (κ1) is 21.5. The predicted molar refractivity (Wildman–Crippen MR) is 94.2 cm³/mol. The average Bonchev–Trinajstić information content (AvgIpc) is 3.29. The molecule has 0 aliphatic carbocycles. The number of carbonyl (C=O) groups excluding carboxylic acids is 1. The largest absolute Gasteiger partial charge is 0.396 e. The first-order chi connectivity index (χ1) is 12.1. The summed E-state index contributed by atoms with van der Waals surface area (Å²) in [6.07, 6.45) is 1.55. The van der Waals surface area contributed by atoms with Crippen LogP contribution >= 0.6 is 0 Å². The monoisotopic (exact) mass is 372 g/mol. The van der Waals surface area contributed by atoms with Crippen LogP contribution < -0.4 is 0 Å². The minimum absolute atomic E-state index is 0.0669. The van der Waals surface area contributed by atoms with E-state index >= 15 is 0 Å². The van der Waals surface area contributed by atoms with E-state index in [1.807, 2.05) is 26.0 Å². The van der Waals surface area contributed by atoms with E-state index in [9.17, 15) is 25.2 Å². The Morgan fingerprint density at radius 2 is 2.08 bits per heavy atom. The van der Waals surface area contributed by atoms with Crippen molar-refractivity contribution in [1.29, 1.82) is 0 Å². The molecule has 0 bridgehead atoms. The van der Waals surface area contributed by atoms with Crippen molar-refractivity contribution in [2.45, 2.75) is 70.2 Å². The van der Waals surface area contributed by atoms with Crippen molar-refractivity contribution >= 4 is 5.78 Å². The lowest BCUT2D eigenvalue weighted by atomic mass is 9.78. The molecule has 0 spiro atoms. The lowest BCUT2D eigenvalue weighted by Crippen LogP contribution is -2.53. The van der Waals surface area contributed by atoms with Crippen LogP contribution in [0.4, 0.5) is 0 Å². The van der Waals surface area contributed by atoms with Crippen molar-refractivity contribution in [3.8, 4) is 0 Å². The topological polar surface area (TPSA) is 120 Å². The number of epoxide rings is 1. The summed E-state index contributed by atoms with van der Waals surface area (Å²) in [5.41, 5.74) is -0.924. The number of allylic oxidation sites excluding steroid dienone is 1. The Labute approximate surface area is 154 Å². The van der Waals surface area contributed by atoms with Crippen LogP contribution in [0.15, 0.2) is 12.2 Å². The van der Waals surface area contributed by atoms with Crippen LogP contribution in [-0.2, 0) is 14.3 Å². The smallest absolute Gasteiger partial charge is 0.167 e. The zero-order valence-electron chi connectivity index (χ0n) is 16.0. The maximum atomic E-state index is 12.8. The van der Waals surface area contributed by atoms with Crippen LogP contribution in [0.1, 0.15) is 40.5 Å². The summed E-state index contributed by atoms with van der Waals surface area (Å²) in [6, 6.07) is 0. The molecule has 2 saturated heterocycles. The molecule has 2 heterocycles. The average molecular weight is 372 g/mol. The number of ether oxygens (including phenoxy) is 2. The number of hydrogen-bond donors (Lipinski definition) is 4. The fraction of sp³-hybridized carbons (Fsp3) is 0.842. The highest BCUT2D eigenvalue weighted by atomic mass is 16.6. The molecule has 0 saturated carbocycles. The molecular formula is C19H32O7. The summed E-state index contributed by atoms with van der Waals surface area (Å²) >= 11 is 0. The molecule has 0 aromatic rings. The molecule has 2 aliphatic heterocycles. The third-order valence-electron chi connectivity index (χ3n) is 5.83. The standard InChI is InChI=1S/C19H32O7/c1-5-7-11(3)17-18(4,26-17)16(23)12(9-20)15(22)13-10-25-19(24,6-2)8-14(13)21/h5,7,11-14,16-17,20-21,23-24H,6,8-10H2,1-4H3/b7-5-/t11-,12-,13+,14-,16-,17+,18?,19?/m0/s1. The molecule has 0 amide bonds. The van der Waals surface area contributed by atoms with E-state index < -0.39 is 47.8 Å². The van der Waals surface area contributed by atoms with Gasteiger partial charge in [-0.25, -0.2) is 0 Å². The molecule has 0 aromatic heterocycles. The molecule has 8 atom stereocenters. The van der Waals surface area contributed by atoms with Gasteiger partial charge < -0.3 is 29.9 Å². The zero-order valence-corrected chi connectivity index (χ0v) is 16.0. The molecule has 150 valence electrons. The molecule has 0 aromatic carbocycles. The molecule has 0 radical (unpaired) electrons. The zero-order chi connectivity index (χ0) is 19.7. The van der Waals surface area contributed by atoms with Gasteiger partial charge >= 0.3 is 0 Å². The maximum Gasteiger partial charge on any atom is 0.167 e. The predicted octanol–water partition coefficient (Wildman–Crippen LogP) is 0.391. The van der Waals surface area contributed by atoms with E-state index in [1.165, 1.54) is 0 Å². The molecule has 26 heavy (non-hydrogen) atoms. The molecule has 2 fully saturated rings. The van der Waals surface area contributed by atoms with E-state index in [1.54, 1.807) is 13.8 Å². The summed E-state index contributed by atoms with van der Waals surface area (Å²) in [7, 11) is 0. The van der Waals surface area contributed by atoms with Gasteiger partial charge in [-0.15, -0.1) is 0 Å². The third-order valence-corrected chi connectivity index (χ3v) is 5.83. The van der Waals surface area contributed by atoms with Crippen molar-refractivity contribution in [3.05, 3.63) is 12.2 Å². The quantitative estimate of drug-likeness (QED) is 0.359. The Kier molecular flexibility index (Phi) is 6.64. The normalized spacial score (nSPS) is 41.0. The summed E-state index contributed by atoms with van der Waals surface area (Å²) in [6.45, 7) is 6.61. The van der Waals surface area contributed by atoms with Crippen molar-refractivity contribution < 1.29 is 34.7 Å². The Bertz CT molecular complexity index is 536. The fourth-order valence-electron chi connectivity index (χ4n) is 3.93. The lowest BCUT2D eigenvalue weighted by molar-refractivity contribution is -0.258. The highest BCUT2D eigenvalue weighted by Gasteiger charge is 2.62. The van der Waals surface area contributed by atoms with E-state index in [4.69, 9.17) is 9.47 Å². The third kappa shape index (κ3) is 4.03. The van der Waals surface area contributed by atoms with E-state index in [2.05, 4.69) is 0 Å². The van der Waals surface area contributed by atoms with Crippen molar-refractivity contribution in [2.24, 2.45) is 17.8 Å². The molecule has 2 unspecified atom stereocenters. The molecule has 2 aliphatic rings. The van der Waals surface area contributed by atoms with Gasteiger partial charge in [0.2, 0.25) is 0 Å². The second kappa shape index (κ2) is 8.04. The first-order valence-corrected chi connectivity index (χ1v) is 9.31. The number of Topliss-reactive ketones (excluding diaryl/α,β-unsaturated/α-hetero) is 1. The number of aliphatic hydroxyl groups is 4. The summed E-state index contributed by atoms with van der Waals surface area (Å²) < 4.78 is 11.0. The van der Waals surface area contributed by atoms with Crippen LogP contribution in [0.25, 0.3) is 0 Å². The second-order valence-electron chi connectivity index (χ2n) is 7.73. The molecule has 2 rings (SSSR count). The van der Waals surface area contributed by atoms with Gasteiger partial charge in [0.05, 0.1) is 43.4 Å².